The Bertz CT molecular complexity index is 1530. The van der Waals surface area contributed by atoms with Crippen LogP contribution in [0.5, 0.6) is 0 Å². The number of esters is 1. The maximum atomic E-state index is 14.8. The van der Waals surface area contributed by atoms with E-state index < -0.39 is 27.7 Å². The minimum absolute atomic E-state index is 0.169. The van der Waals surface area contributed by atoms with Gasteiger partial charge in [-0.1, -0.05) is 212 Å². The minimum Gasteiger partial charge on any atom is -0.462 e. The zero-order chi connectivity index (χ0) is 40.0. The number of alkyl halides is 3. The molecule has 4 aromatic rings. The van der Waals surface area contributed by atoms with Gasteiger partial charge in [0.2, 0.25) is 0 Å². The van der Waals surface area contributed by atoms with Gasteiger partial charge in [0.05, 0.1) is 16.6 Å². The number of benzene rings is 4. The maximum Gasteiger partial charge on any atom is 0.432 e. The molecule has 0 bridgehead atoms. The van der Waals surface area contributed by atoms with E-state index in [0.717, 1.165) is 43.1 Å². The summed E-state index contributed by atoms with van der Waals surface area (Å²) in [6.07, 6.45) is 12.5. The Hall–Kier alpha value is -3.59. The van der Waals surface area contributed by atoms with Crippen molar-refractivity contribution in [2.24, 2.45) is 0 Å². The summed E-state index contributed by atoms with van der Waals surface area (Å²) in [5.74, 6) is -1.51. The standard InChI is InChI=1S/C48H61F3O4S/c1-3-4-5-6-7-8-9-10-11-12-13-14-15-28-37-54-38-44(39-55-45(52)47(53-2,48(49,50)51)43-35-26-19-27-36-43)56-46(40-29-20-16-21-30-40,41-31-22-17-23-32-41)42-33-24-18-25-34-42/h16-27,29-36,44H,3-15,28,37-39H2,1-2H3/t44-,47+/m1/s1. The molecule has 0 amide bonds. The van der Waals surface area contributed by atoms with Crippen LogP contribution in [-0.4, -0.2) is 44.3 Å². The Labute approximate surface area is 337 Å². The largest absolute Gasteiger partial charge is 0.462 e. The first-order valence-electron chi connectivity index (χ1n) is 20.6. The molecule has 4 rings (SSSR count). The monoisotopic (exact) mass is 790 g/mol. The zero-order valence-corrected chi connectivity index (χ0v) is 34.1. The first kappa shape index (κ1) is 45.1. The topological polar surface area (TPSA) is 44.8 Å². The molecule has 0 aliphatic carbocycles. The Morgan fingerprint density at radius 2 is 0.929 bits per heavy atom. The highest BCUT2D eigenvalue weighted by Gasteiger charge is 2.64. The molecule has 56 heavy (non-hydrogen) atoms. The highest BCUT2D eigenvalue weighted by molar-refractivity contribution is 8.01. The molecule has 0 saturated carbocycles. The Morgan fingerprint density at radius 1 is 0.554 bits per heavy atom. The van der Waals surface area contributed by atoms with E-state index in [1.165, 1.54) is 107 Å². The lowest BCUT2D eigenvalue weighted by Crippen LogP contribution is -2.52. The van der Waals surface area contributed by atoms with Gasteiger partial charge in [-0.3, -0.25) is 0 Å². The summed E-state index contributed by atoms with van der Waals surface area (Å²) >= 11 is 1.52. The van der Waals surface area contributed by atoms with Crippen LogP contribution < -0.4 is 0 Å². The summed E-state index contributed by atoms with van der Waals surface area (Å²) in [4.78, 5) is 13.7. The van der Waals surface area contributed by atoms with Crippen molar-refractivity contribution in [3.63, 3.8) is 0 Å². The van der Waals surface area contributed by atoms with Gasteiger partial charge in [0, 0.05) is 19.3 Å². The van der Waals surface area contributed by atoms with E-state index in [1.807, 2.05) is 54.6 Å². The summed E-state index contributed by atoms with van der Waals surface area (Å²) in [5.41, 5.74) is -0.677. The molecule has 2 atom stereocenters. The van der Waals surface area contributed by atoms with Crippen molar-refractivity contribution >= 4 is 17.7 Å². The molecule has 0 aromatic heterocycles. The van der Waals surface area contributed by atoms with Crippen LogP contribution in [0, 0.1) is 0 Å². The number of methoxy groups -OCH3 is 1. The van der Waals surface area contributed by atoms with E-state index in [1.54, 1.807) is 6.07 Å². The third kappa shape index (κ3) is 12.7. The van der Waals surface area contributed by atoms with Gasteiger partial charge in [0.15, 0.2) is 0 Å². The molecule has 4 aromatic carbocycles. The van der Waals surface area contributed by atoms with Crippen LogP contribution in [0.2, 0.25) is 0 Å². The van der Waals surface area contributed by atoms with Crippen LogP contribution in [0.15, 0.2) is 121 Å². The van der Waals surface area contributed by atoms with Crippen molar-refractivity contribution in [3.8, 4) is 0 Å². The van der Waals surface area contributed by atoms with Gasteiger partial charge >= 0.3 is 12.1 Å². The molecule has 0 radical (unpaired) electrons. The predicted octanol–water partition coefficient (Wildman–Crippen LogP) is 13.2. The summed E-state index contributed by atoms with van der Waals surface area (Å²) in [6, 6.07) is 37.0. The first-order chi connectivity index (χ1) is 27.3. The average Bonchev–Trinajstić information content (AvgIpc) is 3.22. The van der Waals surface area contributed by atoms with E-state index >= 15 is 0 Å². The van der Waals surface area contributed by atoms with E-state index in [2.05, 4.69) is 43.3 Å². The van der Waals surface area contributed by atoms with Crippen LogP contribution in [0.1, 0.15) is 119 Å². The molecule has 0 aliphatic heterocycles. The fourth-order valence-electron chi connectivity index (χ4n) is 7.36. The number of hydrogen-bond donors (Lipinski definition) is 0. The van der Waals surface area contributed by atoms with Crippen LogP contribution >= 0.6 is 11.8 Å². The molecule has 8 heteroatoms. The zero-order valence-electron chi connectivity index (χ0n) is 33.3. The van der Waals surface area contributed by atoms with E-state index in [-0.39, 0.29) is 18.8 Å². The number of halogens is 3. The van der Waals surface area contributed by atoms with Gasteiger partial charge in [-0.25, -0.2) is 4.79 Å². The Balaban J connectivity index is 1.47. The van der Waals surface area contributed by atoms with Crippen LogP contribution in [0.3, 0.4) is 0 Å². The number of hydrogen-bond acceptors (Lipinski definition) is 5. The normalized spacial score (nSPS) is 13.6. The molecule has 0 heterocycles. The number of rotatable bonds is 27. The molecule has 0 N–H and O–H groups in total. The molecule has 0 aliphatic rings. The molecule has 0 unspecified atom stereocenters. The SMILES string of the molecule is CCCCCCCCCCCCCCCCOC[C@H](COC(=O)[C@@](OC)(c1ccccc1)C(F)(F)F)SC(c1ccccc1)(c1ccccc1)c1ccccc1. The van der Waals surface area contributed by atoms with Gasteiger partial charge in [-0.05, 0) is 23.1 Å². The molecule has 304 valence electrons. The van der Waals surface area contributed by atoms with E-state index in [9.17, 15) is 18.0 Å². The second-order valence-corrected chi connectivity index (χ2v) is 16.1. The fraction of sp³-hybridized carbons (Fsp3) is 0.479. The summed E-state index contributed by atoms with van der Waals surface area (Å²) in [7, 11) is 0.888. The number of thioether (sulfide) groups is 1. The molecular formula is C48H61F3O4S. The second kappa shape index (κ2) is 24.2. The minimum atomic E-state index is -5.07. The molecule has 0 fully saturated rings. The van der Waals surface area contributed by atoms with Gasteiger partial charge in [-0.2, -0.15) is 13.2 Å². The van der Waals surface area contributed by atoms with Crippen molar-refractivity contribution in [1.82, 2.24) is 0 Å². The summed E-state index contributed by atoms with van der Waals surface area (Å²) in [5, 5.41) is -0.551. The van der Waals surface area contributed by atoms with Crippen molar-refractivity contribution in [3.05, 3.63) is 144 Å². The van der Waals surface area contributed by atoms with E-state index in [0.29, 0.717) is 6.61 Å². The third-order valence-electron chi connectivity index (χ3n) is 10.4. The number of unbranched alkanes of at least 4 members (excludes halogenated alkanes) is 13. The molecule has 0 spiro atoms. The lowest BCUT2D eigenvalue weighted by atomic mass is 9.84. The van der Waals surface area contributed by atoms with Crippen LogP contribution in [-0.2, 0) is 29.4 Å². The van der Waals surface area contributed by atoms with Gasteiger partial charge in [0.25, 0.3) is 5.60 Å². The van der Waals surface area contributed by atoms with Crippen LogP contribution in [0.25, 0.3) is 0 Å². The van der Waals surface area contributed by atoms with Gasteiger partial charge in [-0.15, -0.1) is 11.8 Å². The summed E-state index contributed by atoms with van der Waals surface area (Å²) in [6.45, 7) is 2.60. The average molecular weight is 791 g/mol. The van der Waals surface area contributed by atoms with E-state index in [4.69, 9.17) is 14.2 Å². The fourth-order valence-corrected chi connectivity index (χ4v) is 8.98. The van der Waals surface area contributed by atoms with Crippen LogP contribution in [0.4, 0.5) is 13.2 Å². The number of carbonyl (C=O) groups excluding carboxylic acids is 1. The lowest BCUT2D eigenvalue weighted by Gasteiger charge is -2.38. The predicted molar refractivity (Wildman–Crippen MR) is 224 cm³/mol. The highest BCUT2D eigenvalue weighted by atomic mass is 32.2. The van der Waals surface area contributed by atoms with Crippen molar-refractivity contribution in [2.45, 2.75) is 119 Å². The maximum absolute atomic E-state index is 14.8. The molecule has 0 saturated heterocycles. The lowest BCUT2D eigenvalue weighted by molar-refractivity contribution is -0.276. The smallest absolute Gasteiger partial charge is 0.432 e. The molecule has 4 nitrogen and oxygen atoms in total. The second-order valence-electron chi connectivity index (χ2n) is 14.5. The first-order valence-corrected chi connectivity index (χ1v) is 21.4. The summed E-state index contributed by atoms with van der Waals surface area (Å²) < 4.78 is 60.7. The Kier molecular flexibility index (Phi) is 19.5. The molecular weight excluding hydrogens is 730 g/mol. The van der Waals surface area contributed by atoms with Gasteiger partial charge < -0.3 is 14.2 Å². The highest BCUT2D eigenvalue weighted by Crippen LogP contribution is 2.51. The third-order valence-corrected chi connectivity index (χ3v) is 12.1. The quantitative estimate of drug-likeness (QED) is 0.0342. The number of ether oxygens (including phenoxy) is 3. The number of carbonyl (C=O) groups is 1. The Morgan fingerprint density at radius 3 is 1.30 bits per heavy atom. The van der Waals surface area contributed by atoms with Crippen molar-refractivity contribution < 1.29 is 32.2 Å². The van der Waals surface area contributed by atoms with Gasteiger partial charge in [0.1, 0.15) is 6.61 Å². The van der Waals surface area contributed by atoms with Crippen molar-refractivity contribution in [2.75, 3.05) is 26.9 Å². The van der Waals surface area contributed by atoms with Crippen molar-refractivity contribution in [1.29, 1.82) is 0 Å².